The fraction of sp³-hybridized carbons (Fsp3) is 0.548. The van der Waals surface area contributed by atoms with Gasteiger partial charge in [-0.15, -0.1) is 0 Å². The molecule has 2 amide bonds. The number of rotatable bonds is 6. The van der Waals surface area contributed by atoms with Crippen LogP contribution in [-0.4, -0.2) is 71.8 Å². The van der Waals surface area contributed by atoms with E-state index in [0.29, 0.717) is 24.2 Å². The number of amides is 2. The van der Waals surface area contributed by atoms with Crippen LogP contribution in [0.5, 0.6) is 0 Å². The fourth-order valence-electron chi connectivity index (χ4n) is 5.89. The molecule has 2 aromatic rings. The highest BCUT2D eigenvalue weighted by Gasteiger charge is 2.39. The zero-order valence-corrected chi connectivity index (χ0v) is 22.5. The van der Waals surface area contributed by atoms with Gasteiger partial charge in [0.15, 0.2) is 0 Å². The molecule has 0 aromatic heterocycles. The van der Waals surface area contributed by atoms with Gasteiger partial charge in [-0.2, -0.15) is 0 Å². The summed E-state index contributed by atoms with van der Waals surface area (Å²) in [6, 6.07) is 21.8. The number of benzene rings is 2. The minimum absolute atomic E-state index is 0.00130. The highest BCUT2D eigenvalue weighted by molar-refractivity contribution is 5.77. The van der Waals surface area contributed by atoms with Gasteiger partial charge in [0.25, 0.3) is 0 Å². The molecule has 0 saturated carbocycles. The molecule has 2 aliphatic rings. The lowest BCUT2D eigenvalue weighted by molar-refractivity contribution is -0.141. The zero-order valence-electron chi connectivity index (χ0n) is 22.5. The number of carbonyl (C=O) groups excluding carboxylic acids is 2. The summed E-state index contributed by atoms with van der Waals surface area (Å²) in [5.41, 5.74) is 2.68. The standard InChI is InChI=1S/C31H43N3O2/c1-24(35)33-17-15-25(16-18-33)21-30(36)34-20-19-32(23-29(34)31(2,3)4)22-28(26-11-7-5-8-12-26)27-13-9-6-10-14-27/h5-14,25,28-29H,15-23H2,1-4H3. The largest absolute Gasteiger partial charge is 0.343 e. The molecule has 0 N–H and O–H groups in total. The van der Waals surface area contributed by atoms with Gasteiger partial charge in [0.05, 0.1) is 0 Å². The van der Waals surface area contributed by atoms with Crippen molar-refractivity contribution < 1.29 is 9.59 Å². The first-order chi connectivity index (χ1) is 17.2. The van der Waals surface area contributed by atoms with Crippen LogP contribution in [-0.2, 0) is 9.59 Å². The van der Waals surface area contributed by atoms with E-state index in [1.807, 2.05) is 4.90 Å². The predicted molar refractivity (Wildman–Crippen MR) is 146 cm³/mol. The molecule has 36 heavy (non-hydrogen) atoms. The van der Waals surface area contributed by atoms with Gasteiger partial charge in [-0.1, -0.05) is 81.4 Å². The molecule has 1 unspecified atom stereocenters. The van der Waals surface area contributed by atoms with Crippen LogP contribution in [0.2, 0.25) is 0 Å². The SMILES string of the molecule is CC(=O)N1CCC(CC(=O)N2CCN(CC(c3ccccc3)c3ccccc3)CC2C(C)(C)C)CC1. The van der Waals surface area contributed by atoms with Crippen LogP contribution in [0.3, 0.4) is 0 Å². The Bertz CT molecular complexity index is 954. The van der Waals surface area contributed by atoms with Crippen LogP contribution >= 0.6 is 0 Å². The van der Waals surface area contributed by atoms with E-state index in [1.54, 1.807) is 6.92 Å². The summed E-state index contributed by atoms with van der Waals surface area (Å²) in [6.07, 6.45) is 2.47. The third-order valence-corrected chi connectivity index (χ3v) is 8.15. The number of carbonyl (C=O) groups is 2. The smallest absolute Gasteiger partial charge is 0.223 e. The number of nitrogens with zero attached hydrogens (tertiary/aromatic N) is 3. The van der Waals surface area contributed by atoms with Gasteiger partial charge >= 0.3 is 0 Å². The van der Waals surface area contributed by atoms with Gasteiger partial charge in [0.1, 0.15) is 0 Å². The second-order valence-electron chi connectivity index (χ2n) is 11.8. The van der Waals surface area contributed by atoms with Crippen LogP contribution in [0.1, 0.15) is 64.0 Å². The lowest BCUT2D eigenvalue weighted by Gasteiger charge is -2.48. The van der Waals surface area contributed by atoms with Crippen LogP contribution in [0, 0.1) is 11.3 Å². The lowest BCUT2D eigenvalue weighted by Crippen LogP contribution is -2.60. The van der Waals surface area contributed by atoms with Crippen molar-refractivity contribution in [3.05, 3.63) is 71.8 Å². The Morgan fingerprint density at radius 2 is 1.42 bits per heavy atom. The number of likely N-dealkylation sites (tertiary alicyclic amines) is 1. The minimum atomic E-state index is 0.00130. The first kappa shape index (κ1) is 26.4. The third kappa shape index (κ3) is 6.56. The second-order valence-corrected chi connectivity index (χ2v) is 11.8. The Balaban J connectivity index is 1.44. The average molecular weight is 490 g/mol. The molecule has 5 nitrogen and oxygen atoms in total. The Labute approximate surface area is 217 Å². The summed E-state index contributed by atoms with van der Waals surface area (Å²) in [5, 5.41) is 0. The molecule has 2 saturated heterocycles. The Morgan fingerprint density at radius 1 is 0.861 bits per heavy atom. The van der Waals surface area contributed by atoms with Crippen LogP contribution < -0.4 is 0 Å². The van der Waals surface area contributed by atoms with E-state index >= 15 is 0 Å². The lowest BCUT2D eigenvalue weighted by atomic mass is 9.82. The third-order valence-electron chi connectivity index (χ3n) is 8.15. The summed E-state index contributed by atoms with van der Waals surface area (Å²) in [7, 11) is 0. The highest BCUT2D eigenvalue weighted by Crippen LogP contribution is 2.32. The van der Waals surface area contributed by atoms with Crippen LogP contribution in [0.4, 0.5) is 0 Å². The van der Waals surface area contributed by atoms with Crippen molar-refractivity contribution in [2.75, 3.05) is 39.3 Å². The Morgan fingerprint density at radius 3 is 1.92 bits per heavy atom. The van der Waals surface area contributed by atoms with Gasteiger partial charge in [-0.05, 0) is 35.3 Å². The molecule has 0 aliphatic carbocycles. The molecule has 0 radical (unpaired) electrons. The summed E-state index contributed by atoms with van der Waals surface area (Å²) >= 11 is 0. The maximum absolute atomic E-state index is 13.5. The topological polar surface area (TPSA) is 43.9 Å². The van der Waals surface area contributed by atoms with Crippen molar-refractivity contribution in [1.82, 2.24) is 14.7 Å². The molecule has 2 fully saturated rings. The second kappa shape index (κ2) is 11.6. The number of piperidine rings is 1. The summed E-state index contributed by atoms with van der Waals surface area (Å²) in [5.74, 6) is 1.13. The van der Waals surface area contributed by atoms with Crippen molar-refractivity contribution in [2.24, 2.45) is 11.3 Å². The molecule has 4 rings (SSSR count). The highest BCUT2D eigenvalue weighted by atomic mass is 16.2. The van der Waals surface area contributed by atoms with Crippen molar-refractivity contribution in [2.45, 2.75) is 58.9 Å². The average Bonchev–Trinajstić information content (AvgIpc) is 2.88. The van der Waals surface area contributed by atoms with Gasteiger partial charge in [0, 0.05) is 64.6 Å². The predicted octanol–water partition coefficient (Wildman–Crippen LogP) is 5.03. The number of hydrogen-bond donors (Lipinski definition) is 0. The zero-order chi connectivity index (χ0) is 25.7. The molecule has 5 heteroatoms. The maximum Gasteiger partial charge on any atom is 0.223 e. The number of piperazine rings is 1. The summed E-state index contributed by atoms with van der Waals surface area (Å²) < 4.78 is 0. The first-order valence-corrected chi connectivity index (χ1v) is 13.6. The van der Waals surface area contributed by atoms with E-state index in [-0.39, 0.29) is 17.4 Å². The molecular weight excluding hydrogens is 446 g/mol. The van der Waals surface area contributed by atoms with Crippen molar-refractivity contribution in [1.29, 1.82) is 0 Å². The summed E-state index contributed by atoms with van der Waals surface area (Å²) in [4.78, 5) is 31.9. The maximum atomic E-state index is 13.5. The van der Waals surface area contributed by atoms with E-state index in [1.165, 1.54) is 11.1 Å². The van der Waals surface area contributed by atoms with Crippen molar-refractivity contribution in [3.63, 3.8) is 0 Å². The Hall–Kier alpha value is -2.66. The van der Waals surface area contributed by atoms with Crippen LogP contribution in [0.25, 0.3) is 0 Å². The normalized spacial score (nSPS) is 20.1. The summed E-state index contributed by atoms with van der Waals surface area (Å²) in [6.45, 7) is 13.5. The number of hydrogen-bond acceptors (Lipinski definition) is 3. The van der Waals surface area contributed by atoms with Gasteiger partial charge in [-0.25, -0.2) is 0 Å². The van der Waals surface area contributed by atoms with E-state index in [0.717, 1.165) is 52.1 Å². The van der Waals surface area contributed by atoms with Crippen molar-refractivity contribution >= 4 is 11.8 Å². The molecule has 0 bridgehead atoms. The Kier molecular flexibility index (Phi) is 8.50. The fourth-order valence-corrected chi connectivity index (χ4v) is 5.89. The molecule has 2 heterocycles. The van der Waals surface area contributed by atoms with Crippen LogP contribution in [0.15, 0.2) is 60.7 Å². The quantitative estimate of drug-likeness (QED) is 0.572. The monoisotopic (exact) mass is 489 g/mol. The van der Waals surface area contributed by atoms with E-state index < -0.39 is 0 Å². The molecule has 1 atom stereocenters. The molecular formula is C31H43N3O2. The van der Waals surface area contributed by atoms with Gasteiger partial charge < -0.3 is 9.80 Å². The molecule has 194 valence electrons. The first-order valence-electron chi connectivity index (χ1n) is 13.6. The van der Waals surface area contributed by atoms with Crippen molar-refractivity contribution in [3.8, 4) is 0 Å². The van der Waals surface area contributed by atoms with E-state index in [9.17, 15) is 9.59 Å². The van der Waals surface area contributed by atoms with E-state index in [2.05, 4.69) is 91.2 Å². The molecule has 2 aliphatic heterocycles. The van der Waals surface area contributed by atoms with E-state index in [4.69, 9.17) is 0 Å². The molecule has 2 aromatic carbocycles. The van der Waals surface area contributed by atoms with Gasteiger partial charge in [0.2, 0.25) is 11.8 Å². The minimum Gasteiger partial charge on any atom is -0.343 e. The van der Waals surface area contributed by atoms with Gasteiger partial charge in [-0.3, -0.25) is 14.5 Å². The molecule has 0 spiro atoms.